The molecular weight excluding hydrogens is 386 g/mol. The first kappa shape index (κ1) is 19.3. The molecule has 1 N–H and O–H groups in total. The number of benzene rings is 1. The van der Waals surface area contributed by atoms with E-state index < -0.39 is 10.0 Å². The van der Waals surface area contributed by atoms with Crippen LogP contribution in [0.3, 0.4) is 0 Å². The number of sulfonamides is 1. The molecule has 0 bridgehead atoms. The summed E-state index contributed by atoms with van der Waals surface area (Å²) in [5, 5.41) is 2.93. The van der Waals surface area contributed by atoms with Gasteiger partial charge >= 0.3 is 0 Å². The highest BCUT2D eigenvalue weighted by Crippen LogP contribution is 2.35. The largest absolute Gasteiger partial charge is 0.442 e. The summed E-state index contributed by atoms with van der Waals surface area (Å²) in [6, 6.07) is 12.4. The van der Waals surface area contributed by atoms with Crippen LogP contribution in [0.2, 0.25) is 0 Å². The van der Waals surface area contributed by atoms with Gasteiger partial charge in [-0.05, 0) is 24.6 Å². The van der Waals surface area contributed by atoms with Gasteiger partial charge < -0.3 is 9.73 Å². The number of rotatable bonds is 6. The monoisotopic (exact) mass is 405 g/mol. The van der Waals surface area contributed by atoms with E-state index in [1.807, 2.05) is 30.3 Å². The van der Waals surface area contributed by atoms with Crippen LogP contribution in [0.5, 0.6) is 0 Å². The van der Waals surface area contributed by atoms with E-state index in [0.29, 0.717) is 21.5 Å². The first-order chi connectivity index (χ1) is 12.8. The summed E-state index contributed by atoms with van der Waals surface area (Å²) in [6.07, 6.45) is 0. The van der Waals surface area contributed by atoms with Gasteiger partial charge in [-0.1, -0.05) is 41.7 Å². The van der Waals surface area contributed by atoms with Gasteiger partial charge in [0.25, 0.3) is 10.0 Å². The quantitative estimate of drug-likeness (QED) is 0.678. The molecule has 0 saturated carbocycles. The van der Waals surface area contributed by atoms with Crippen LogP contribution in [0.4, 0.5) is 5.13 Å². The fourth-order valence-corrected chi connectivity index (χ4v) is 4.52. The van der Waals surface area contributed by atoms with Crippen molar-refractivity contribution in [2.45, 2.75) is 25.5 Å². The Bertz CT molecular complexity index is 1060. The normalized spacial score (nSPS) is 11.7. The predicted octanol–water partition coefficient (Wildman–Crippen LogP) is 3.49. The van der Waals surface area contributed by atoms with Gasteiger partial charge in [0.05, 0.1) is 10.6 Å². The summed E-state index contributed by atoms with van der Waals surface area (Å²) in [7, 11) is -2.26. The Morgan fingerprint density at radius 3 is 2.59 bits per heavy atom. The zero-order valence-electron chi connectivity index (χ0n) is 15.1. The highest BCUT2D eigenvalue weighted by Gasteiger charge is 2.26. The number of nitrogens with one attached hydrogen (secondary N) is 1. The minimum atomic E-state index is -3.77. The van der Waals surface area contributed by atoms with Gasteiger partial charge in [-0.25, -0.2) is 13.4 Å². The molecule has 0 aliphatic rings. The average Bonchev–Trinajstić information content (AvgIpc) is 3.22. The molecule has 1 aromatic carbocycles. The van der Waals surface area contributed by atoms with Crippen molar-refractivity contribution in [1.82, 2.24) is 9.29 Å². The average molecular weight is 406 g/mol. The number of carbonyl (C=O) groups excluding carboxylic acids is 1. The van der Waals surface area contributed by atoms with Crippen molar-refractivity contribution in [1.29, 1.82) is 0 Å². The Balaban J connectivity index is 1.84. The number of hydrogen-bond donors (Lipinski definition) is 1. The third-order valence-electron chi connectivity index (χ3n) is 3.80. The molecule has 0 aliphatic heterocycles. The molecule has 9 heteroatoms. The molecule has 0 radical (unpaired) electrons. The van der Waals surface area contributed by atoms with E-state index in [1.54, 1.807) is 13.0 Å². The van der Waals surface area contributed by atoms with E-state index in [2.05, 4.69) is 10.3 Å². The van der Waals surface area contributed by atoms with Gasteiger partial charge in [-0.2, -0.15) is 4.31 Å². The van der Waals surface area contributed by atoms with E-state index in [4.69, 9.17) is 4.42 Å². The summed E-state index contributed by atoms with van der Waals surface area (Å²) >= 11 is 1.23. The van der Waals surface area contributed by atoms with Crippen molar-refractivity contribution in [3.8, 4) is 10.6 Å². The summed E-state index contributed by atoms with van der Waals surface area (Å²) in [5.41, 5.74) is 1.54. The number of nitrogens with zero attached hydrogens (tertiary/aromatic N) is 2. The minimum absolute atomic E-state index is 0.134. The number of aromatic nitrogens is 1. The van der Waals surface area contributed by atoms with Gasteiger partial charge in [0.2, 0.25) is 11.0 Å². The Hall–Kier alpha value is -2.49. The summed E-state index contributed by atoms with van der Waals surface area (Å²) < 4.78 is 32.4. The zero-order chi connectivity index (χ0) is 19.6. The second kappa shape index (κ2) is 7.63. The molecule has 0 spiro atoms. The lowest BCUT2D eigenvalue weighted by Gasteiger charge is -2.15. The SMILES string of the molecule is CC(=O)Nc1nc(C)c(-c2ccc(S(=O)(=O)N(C)Cc3ccccc3)o2)s1. The first-order valence-corrected chi connectivity index (χ1v) is 10.4. The van der Waals surface area contributed by atoms with Crippen LogP contribution in [-0.4, -0.2) is 30.7 Å². The standard InChI is InChI=1S/C18H19N3O4S2/c1-12-17(26-18(19-12)20-13(2)22)15-9-10-16(25-15)27(23,24)21(3)11-14-7-5-4-6-8-14/h4-10H,11H2,1-3H3,(H,19,20,22). The molecule has 2 aromatic heterocycles. The third kappa shape index (κ3) is 4.26. The maximum atomic E-state index is 12.8. The predicted molar refractivity (Wildman–Crippen MR) is 104 cm³/mol. The van der Waals surface area contributed by atoms with Gasteiger partial charge in [0.1, 0.15) is 5.76 Å². The summed E-state index contributed by atoms with van der Waals surface area (Å²) in [4.78, 5) is 16.1. The Labute approximate surface area is 161 Å². The van der Waals surface area contributed by atoms with E-state index in [9.17, 15) is 13.2 Å². The van der Waals surface area contributed by atoms with Gasteiger partial charge in [0.15, 0.2) is 5.13 Å². The fourth-order valence-electron chi connectivity index (χ4n) is 2.49. The Kier molecular flexibility index (Phi) is 5.45. The maximum absolute atomic E-state index is 12.8. The lowest BCUT2D eigenvalue weighted by atomic mass is 10.2. The number of furan rings is 1. The molecular formula is C18H19N3O4S2. The van der Waals surface area contributed by atoms with Crippen LogP contribution in [0, 0.1) is 6.92 Å². The van der Waals surface area contributed by atoms with Crippen molar-refractivity contribution in [3.63, 3.8) is 0 Å². The molecule has 0 fully saturated rings. The van der Waals surface area contributed by atoms with Crippen molar-refractivity contribution in [2.75, 3.05) is 12.4 Å². The van der Waals surface area contributed by atoms with Crippen LogP contribution in [0.15, 0.2) is 52.0 Å². The highest BCUT2D eigenvalue weighted by molar-refractivity contribution is 7.88. The molecule has 0 atom stereocenters. The molecule has 2 heterocycles. The Morgan fingerprint density at radius 2 is 1.93 bits per heavy atom. The number of anilines is 1. The van der Waals surface area contributed by atoms with E-state index in [1.165, 1.54) is 35.7 Å². The van der Waals surface area contributed by atoms with Crippen LogP contribution in [0.1, 0.15) is 18.2 Å². The number of hydrogen-bond acceptors (Lipinski definition) is 6. The smallest absolute Gasteiger partial charge is 0.276 e. The summed E-state index contributed by atoms with van der Waals surface area (Å²) in [5.74, 6) is 0.175. The van der Waals surface area contributed by atoms with Crippen molar-refractivity contribution >= 4 is 32.4 Å². The third-order valence-corrected chi connectivity index (χ3v) is 6.56. The number of thiazole rings is 1. The molecule has 0 saturated heterocycles. The van der Waals surface area contributed by atoms with Crippen LogP contribution in [0.25, 0.3) is 10.6 Å². The molecule has 27 heavy (non-hydrogen) atoms. The first-order valence-electron chi connectivity index (χ1n) is 8.13. The second-order valence-electron chi connectivity index (χ2n) is 5.98. The van der Waals surface area contributed by atoms with Gasteiger partial charge in [-0.3, -0.25) is 4.79 Å². The number of carbonyl (C=O) groups is 1. The number of aryl methyl sites for hydroxylation is 1. The molecule has 0 unspecified atom stereocenters. The molecule has 142 valence electrons. The van der Waals surface area contributed by atoms with E-state index >= 15 is 0 Å². The van der Waals surface area contributed by atoms with Crippen LogP contribution in [-0.2, 0) is 21.4 Å². The molecule has 3 aromatic rings. The minimum Gasteiger partial charge on any atom is -0.442 e. The molecule has 0 aliphatic carbocycles. The van der Waals surface area contributed by atoms with Crippen molar-refractivity contribution < 1.29 is 17.6 Å². The van der Waals surface area contributed by atoms with Crippen molar-refractivity contribution in [3.05, 3.63) is 53.7 Å². The topological polar surface area (TPSA) is 92.5 Å². The van der Waals surface area contributed by atoms with Crippen molar-refractivity contribution in [2.24, 2.45) is 0 Å². The summed E-state index contributed by atoms with van der Waals surface area (Å²) in [6.45, 7) is 3.41. The van der Waals surface area contributed by atoms with Crippen LogP contribution >= 0.6 is 11.3 Å². The van der Waals surface area contributed by atoms with Crippen LogP contribution < -0.4 is 5.32 Å². The van der Waals surface area contributed by atoms with Gasteiger partial charge in [-0.15, -0.1) is 0 Å². The van der Waals surface area contributed by atoms with E-state index in [0.717, 1.165) is 5.56 Å². The highest BCUT2D eigenvalue weighted by atomic mass is 32.2. The van der Waals surface area contributed by atoms with Gasteiger partial charge in [0, 0.05) is 20.5 Å². The zero-order valence-corrected chi connectivity index (χ0v) is 16.7. The lowest BCUT2D eigenvalue weighted by Crippen LogP contribution is -2.26. The second-order valence-corrected chi connectivity index (χ2v) is 8.96. The molecule has 1 amide bonds. The van der Waals surface area contributed by atoms with E-state index in [-0.39, 0.29) is 17.5 Å². The fraction of sp³-hybridized carbons (Fsp3) is 0.222. The molecule has 3 rings (SSSR count). The lowest BCUT2D eigenvalue weighted by molar-refractivity contribution is -0.114. The maximum Gasteiger partial charge on any atom is 0.276 e. The molecule has 7 nitrogen and oxygen atoms in total. The number of amides is 1. The Morgan fingerprint density at radius 1 is 1.22 bits per heavy atom.